The number of hydrogen-bond donors (Lipinski definition) is 2. The molecule has 1 unspecified atom stereocenters. The molecule has 0 bridgehead atoms. The van der Waals surface area contributed by atoms with Crippen molar-refractivity contribution in [1.82, 2.24) is 15.1 Å². The van der Waals surface area contributed by atoms with Crippen LogP contribution in [0.2, 0.25) is 0 Å². The van der Waals surface area contributed by atoms with Crippen LogP contribution < -0.4 is 5.32 Å². The average Bonchev–Trinajstić information content (AvgIpc) is 2.27. The number of ether oxygens (including phenoxy) is 1. The highest BCUT2D eigenvalue weighted by atomic mass is 16.5. The summed E-state index contributed by atoms with van der Waals surface area (Å²) in [6.07, 6.45) is 0. The third kappa shape index (κ3) is 4.89. The van der Waals surface area contributed by atoms with Gasteiger partial charge in [0.25, 0.3) is 0 Å². The number of carbonyl (C=O) groups excluding carboxylic acids is 1. The van der Waals surface area contributed by atoms with Gasteiger partial charge in [0, 0.05) is 32.2 Å². The predicted molar refractivity (Wildman–Crippen MR) is 65.5 cm³/mol. The minimum atomic E-state index is -1.01. The van der Waals surface area contributed by atoms with E-state index in [-0.39, 0.29) is 25.3 Å². The van der Waals surface area contributed by atoms with E-state index >= 15 is 0 Å². The molecule has 0 aliphatic carbocycles. The molecule has 1 aliphatic rings. The Morgan fingerprint density at radius 1 is 1.44 bits per heavy atom. The number of likely N-dealkylation sites (N-methyl/N-ethyl adjacent to an activating group) is 1. The number of urea groups is 1. The molecule has 0 radical (unpaired) electrons. The molecule has 7 nitrogen and oxygen atoms in total. The lowest BCUT2D eigenvalue weighted by atomic mass is 10.2. The number of nitrogens with one attached hydrogen (secondary N) is 1. The maximum Gasteiger partial charge on any atom is 0.329 e. The van der Waals surface area contributed by atoms with E-state index in [0.717, 1.165) is 13.1 Å². The van der Waals surface area contributed by atoms with Gasteiger partial charge in [0.05, 0.1) is 6.61 Å². The predicted octanol–water partition coefficient (Wildman–Crippen LogP) is -0.567. The first-order valence-electron chi connectivity index (χ1n) is 6.03. The van der Waals surface area contributed by atoms with Crippen molar-refractivity contribution in [2.45, 2.75) is 13.0 Å². The number of carboxylic acid groups (broad SMARTS) is 1. The maximum absolute atomic E-state index is 11.8. The highest BCUT2D eigenvalue weighted by Gasteiger charge is 2.25. The highest BCUT2D eigenvalue weighted by molar-refractivity contribution is 5.74. The summed E-state index contributed by atoms with van der Waals surface area (Å²) < 4.78 is 4.84. The SMILES string of the molecule is CC1CN(C)CCN1C(=O)NCCOCC(=O)O. The zero-order valence-corrected chi connectivity index (χ0v) is 10.9. The summed E-state index contributed by atoms with van der Waals surface area (Å²) in [6, 6.07) is 0.0678. The van der Waals surface area contributed by atoms with Crippen molar-refractivity contribution in [2.75, 3.05) is 46.4 Å². The molecule has 0 saturated carbocycles. The molecule has 1 rings (SSSR count). The molecular weight excluding hydrogens is 238 g/mol. The molecule has 104 valence electrons. The van der Waals surface area contributed by atoms with Crippen LogP contribution in [-0.4, -0.2) is 79.4 Å². The van der Waals surface area contributed by atoms with Gasteiger partial charge in [0.15, 0.2) is 0 Å². The second-order valence-corrected chi connectivity index (χ2v) is 4.48. The van der Waals surface area contributed by atoms with Crippen LogP contribution in [-0.2, 0) is 9.53 Å². The smallest absolute Gasteiger partial charge is 0.329 e. The van der Waals surface area contributed by atoms with Crippen molar-refractivity contribution in [2.24, 2.45) is 0 Å². The normalized spacial score (nSPS) is 20.8. The van der Waals surface area contributed by atoms with Gasteiger partial charge in [-0.25, -0.2) is 9.59 Å². The van der Waals surface area contributed by atoms with Crippen LogP contribution in [0.4, 0.5) is 4.79 Å². The Morgan fingerprint density at radius 3 is 2.78 bits per heavy atom. The lowest BCUT2D eigenvalue weighted by molar-refractivity contribution is -0.142. The number of piperazine rings is 1. The summed E-state index contributed by atoms with van der Waals surface area (Å²) in [6.45, 7) is 4.65. The minimum Gasteiger partial charge on any atom is -0.480 e. The van der Waals surface area contributed by atoms with Crippen molar-refractivity contribution in [1.29, 1.82) is 0 Å². The number of carbonyl (C=O) groups is 2. The Kier molecular flexibility index (Phi) is 5.87. The minimum absolute atomic E-state index is 0.116. The van der Waals surface area contributed by atoms with Crippen LogP contribution in [0.15, 0.2) is 0 Å². The van der Waals surface area contributed by atoms with Crippen LogP contribution in [0.25, 0.3) is 0 Å². The average molecular weight is 259 g/mol. The quantitative estimate of drug-likeness (QED) is 0.646. The van der Waals surface area contributed by atoms with E-state index < -0.39 is 5.97 Å². The maximum atomic E-state index is 11.8. The van der Waals surface area contributed by atoms with Crippen LogP contribution >= 0.6 is 0 Å². The molecule has 0 spiro atoms. The fourth-order valence-electron chi connectivity index (χ4n) is 1.93. The number of rotatable bonds is 5. The van der Waals surface area contributed by atoms with Gasteiger partial charge in [-0.2, -0.15) is 0 Å². The molecule has 2 N–H and O–H groups in total. The number of nitrogens with zero attached hydrogens (tertiary/aromatic N) is 2. The molecule has 0 aromatic carbocycles. The van der Waals surface area contributed by atoms with Crippen LogP contribution in [0.3, 0.4) is 0 Å². The van der Waals surface area contributed by atoms with Crippen molar-refractivity contribution >= 4 is 12.0 Å². The van der Waals surface area contributed by atoms with E-state index in [4.69, 9.17) is 9.84 Å². The van der Waals surface area contributed by atoms with Gasteiger partial charge in [-0.3, -0.25) is 0 Å². The van der Waals surface area contributed by atoms with E-state index in [1.807, 2.05) is 14.0 Å². The van der Waals surface area contributed by atoms with Gasteiger partial charge < -0.3 is 25.0 Å². The highest BCUT2D eigenvalue weighted by Crippen LogP contribution is 2.07. The number of carboxylic acids is 1. The molecule has 0 aromatic rings. The molecule has 1 fully saturated rings. The Morgan fingerprint density at radius 2 is 2.17 bits per heavy atom. The summed E-state index contributed by atoms with van der Waals surface area (Å²) in [5.41, 5.74) is 0. The molecule has 1 saturated heterocycles. The summed E-state index contributed by atoms with van der Waals surface area (Å²) in [4.78, 5) is 26.0. The van der Waals surface area contributed by atoms with Gasteiger partial charge in [-0.15, -0.1) is 0 Å². The summed E-state index contributed by atoms with van der Waals surface area (Å²) >= 11 is 0. The number of aliphatic carboxylic acids is 1. The van der Waals surface area contributed by atoms with E-state index in [9.17, 15) is 9.59 Å². The fourth-order valence-corrected chi connectivity index (χ4v) is 1.93. The standard InChI is InChI=1S/C11H21N3O4/c1-9-7-13(2)4-5-14(9)11(17)12-3-6-18-8-10(15)16/h9H,3-8H2,1-2H3,(H,12,17)(H,15,16). The first-order chi connectivity index (χ1) is 8.50. The third-order valence-corrected chi connectivity index (χ3v) is 2.84. The molecule has 7 heteroatoms. The molecular formula is C11H21N3O4. The first-order valence-corrected chi connectivity index (χ1v) is 6.03. The van der Waals surface area contributed by atoms with E-state index in [0.29, 0.717) is 13.1 Å². The number of hydrogen-bond acceptors (Lipinski definition) is 4. The molecule has 18 heavy (non-hydrogen) atoms. The van der Waals surface area contributed by atoms with Crippen LogP contribution in [0, 0.1) is 0 Å². The van der Waals surface area contributed by atoms with Gasteiger partial charge in [0.2, 0.25) is 0 Å². The Hall–Kier alpha value is -1.34. The van der Waals surface area contributed by atoms with Crippen LogP contribution in [0.5, 0.6) is 0 Å². The molecule has 1 heterocycles. The van der Waals surface area contributed by atoms with E-state index in [1.54, 1.807) is 4.90 Å². The summed E-state index contributed by atoms with van der Waals surface area (Å²) in [5.74, 6) is -1.01. The Labute approximate surface area is 107 Å². The second-order valence-electron chi connectivity index (χ2n) is 4.48. The van der Waals surface area contributed by atoms with Crippen molar-refractivity contribution in [3.05, 3.63) is 0 Å². The van der Waals surface area contributed by atoms with Gasteiger partial charge in [-0.1, -0.05) is 0 Å². The summed E-state index contributed by atoms with van der Waals surface area (Å²) in [7, 11) is 2.03. The fraction of sp³-hybridized carbons (Fsp3) is 0.818. The first kappa shape index (κ1) is 14.7. The van der Waals surface area contributed by atoms with Gasteiger partial charge >= 0.3 is 12.0 Å². The van der Waals surface area contributed by atoms with Gasteiger partial charge in [-0.05, 0) is 14.0 Å². The molecule has 1 aliphatic heterocycles. The monoisotopic (exact) mass is 259 g/mol. The zero-order valence-electron chi connectivity index (χ0n) is 10.9. The van der Waals surface area contributed by atoms with Crippen molar-refractivity contribution < 1.29 is 19.4 Å². The van der Waals surface area contributed by atoms with Crippen LogP contribution in [0.1, 0.15) is 6.92 Å². The third-order valence-electron chi connectivity index (χ3n) is 2.84. The molecule has 0 aromatic heterocycles. The lowest BCUT2D eigenvalue weighted by Gasteiger charge is -2.38. The number of amides is 2. The largest absolute Gasteiger partial charge is 0.480 e. The zero-order chi connectivity index (χ0) is 13.5. The van der Waals surface area contributed by atoms with Crippen molar-refractivity contribution in [3.63, 3.8) is 0 Å². The Balaban J connectivity index is 2.18. The second kappa shape index (κ2) is 7.17. The van der Waals surface area contributed by atoms with Crippen molar-refractivity contribution in [3.8, 4) is 0 Å². The Bertz CT molecular complexity index is 298. The lowest BCUT2D eigenvalue weighted by Crippen LogP contribution is -2.55. The van der Waals surface area contributed by atoms with E-state index in [1.165, 1.54) is 0 Å². The topological polar surface area (TPSA) is 82.1 Å². The molecule has 2 amide bonds. The van der Waals surface area contributed by atoms with Gasteiger partial charge in [0.1, 0.15) is 6.61 Å². The summed E-state index contributed by atoms with van der Waals surface area (Å²) in [5, 5.41) is 11.1. The molecule has 1 atom stereocenters. The van der Waals surface area contributed by atoms with E-state index in [2.05, 4.69) is 10.2 Å².